The Morgan fingerprint density at radius 1 is 1.11 bits per heavy atom. The Bertz CT molecular complexity index is 498. The van der Waals surface area contributed by atoms with Crippen LogP contribution in [0.25, 0.3) is 0 Å². The fraction of sp³-hybridized carbons (Fsp3) is 0.308. The van der Waals surface area contributed by atoms with Crippen molar-refractivity contribution in [1.82, 2.24) is 4.90 Å². The fourth-order valence-corrected chi connectivity index (χ4v) is 1.63. The maximum atomic E-state index is 12.2. The molecule has 0 saturated heterocycles. The van der Waals surface area contributed by atoms with Gasteiger partial charge in [0, 0.05) is 12.1 Å². The number of amides is 1. The number of carboxylic acid groups (broad SMARTS) is 2. The highest BCUT2D eigenvalue weighted by Gasteiger charge is 2.20. The molecule has 19 heavy (non-hydrogen) atoms. The lowest BCUT2D eigenvalue weighted by Gasteiger charge is -2.20. The van der Waals surface area contributed by atoms with Crippen molar-refractivity contribution in [3.63, 3.8) is 0 Å². The predicted octanol–water partition coefficient (Wildman–Crippen LogP) is 0.997. The lowest BCUT2D eigenvalue weighted by Crippen LogP contribution is -2.37. The van der Waals surface area contributed by atoms with E-state index in [0.29, 0.717) is 5.56 Å². The number of carboxylic acids is 2. The number of carbonyl (C=O) groups is 3. The van der Waals surface area contributed by atoms with E-state index in [2.05, 4.69) is 0 Å². The summed E-state index contributed by atoms with van der Waals surface area (Å²) in [4.78, 5) is 34.5. The van der Waals surface area contributed by atoms with Crippen LogP contribution >= 0.6 is 0 Å². The molecule has 0 radical (unpaired) electrons. The Labute approximate surface area is 110 Å². The van der Waals surface area contributed by atoms with Gasteiger partial charge in [0.1, 0.15) is 6.54 Å². The average Bonchev–Trinajstić information content (AvgIpc) is 2.33. The first kappa shape index (κ1) is 14.7. The van der Waals surface area contributed by atoms with Gasteiger partial charge in [0.25, 0.3) is 5.91 Å². The molecule has 6 heteroatoms. The zero-order valence-electron chi connectivity index (χ0n) is 10.5. The second-order valence-corrected chi connectivity index (χ2v) is 4.08. The molecule has 0 heterocycles. The zero-order chi connectivity index (χ0) is 14.4. The topological polar surface area (TPSA) is 94.9 Å². The van der Waals surface area contributed by atoms with Crippen LogP contribution in [-0.2, 0) is 9.59 Å². The molecule has 0 aliphatic heterocycles. The van der Waals surface area contributed by atoms with Crippen LogP contribution < -0.4 is 0 Å². The number of rotatable bonds is 6. The lowest BCUT2D eigenvalue weighted by atomic mass is 10.1. The van der Waals surface area contributed by atoms with Gasteiger partial charge < -0.3 is 15.1 Å². The number of hydrogen-bond acceptors (Lipinski definition) is 3. The largest absolute Gasteiger partial charge is 0.481 e. The van der Waals surface area contributed by atoms with E-state index in [4.69, 9.17) is 10.2 Å². The minimum atomic E-state index is -1.17. The Morgan fingerprint density at radius 3 is 2.26 bits per heavy atom. The molecule has 0 bridgehead atoms. The molecule has 0 saturated carbocycles. The molecule has 1 rings (SSSR count). The molecule has 0 fully saturated rings. The van der Waals surface area contributed by atoms with Crippen LogP contribution in [-0.4, -0.2) is 46.0 Å². The molecule has 0 aliphatic rings. The number of carbonyl (C=O) groups excluding carboxylic acids is 1. The van der Waals surface area contributed by atoms with Gasteiger partial charge in [0.05, 0.1) is 6.42 Å². The van der Waals surface area contributed by atoms with Gasteiger partial charge >= 0.3 is 11.9 Å². The first-order chi connectivity index (χ1) is 8.91. The molecular weight excluding hydrogens is 250 g/mol. The molecule has 1 aromatic rings. The molecule has 6 nitrogen and oxygen atoms in total. The molecule has 102 valence electrons. The summed E-state index contributed by atoms with van der Waals surface area (Å²) in [5, 5.41) is 17.4. The van der Waals surface area contributed by atoms with Crippen LogP contribution in [0.2, 0.25) is 0 Å². The number of benzene rings is 1. The van der Waals surface area contributed by atoms with Gasteiger partial charge in [-0.3, -0.25) is 14.4 Å². The third kappa shape index (κ3) is 4.42. The number of hydrogen-bond donors (Lipinski definition) is 2. The summed E-state index contributed by atoms with van der Waals surface area (Å²) >= 11 is 0. The number of aryl methyl sites for hydroxylation is 1. The zero-order valence-corrected chi connectivity index (χ0v) is 10.5. The van der Waals surface area contributed by atoms with E-state index in [1.165, 1.54) is 0 Å². The third-order valence-electron chi connectivity index (χ3n) is 2.58. The quantitative estimate of drug-likeness (QED) is 0.800. The smallest absolute Gasteiger partial charge is 0.323 e. The van der Waals surface area contributed by atoms with Gasteiger partial charge in [0.15, 0.2) is 0 Å². The van der Waals surface area contributed by atoms with Crippen molar-refractivity contribution in [2.24, 2.45) is 0 Å². The van der Waals surface area contributed by atoms with Crippen LogP contribution in [0.4, 0.5) is 0 Å². The maximum absolute atomic E-state index is 12.2. The molecule has 0 atom stereocenters. The average molecular weight is 265 g/mol. The van der Waals surface area contributed by atoms with Gasteiger partial charge in [-0.05, 0) is 18.6 Å². The Morgan fingerprint density at radius 2 is 1.74 bits per heavy atom. The summed E-state index contributed by atoms with van der Waals surface area (Å²) in [5.74, 6) is -2.72. The van der Waals surface area contributed by atoms with Gasteiger partial charge in [-0.1, -0.05) is 18.2 Å². The monoisotopic (exact) mass is 265 g/mol. The molecule has 0 aliphatic carbocycles. The van der Waals surface area contributed by atoms with E-state index in [-0.39, 0.29) is 13.0 Å². The van der Waals surface area contributed by atoms with Crippen LogP contribution in [0, 0.1) is 6.92 Å². The summed E-state index contributed by atoms with van der Waals surface area (Å²) in [6.45, 7) is 1.10. The van der Waals surface area contributed by atoms with Gasteiger partial charge in [-0.25, -0.2) is 0 Å². The molecule has 1 amide bonds. The molecule has 0 unspecified atom stereocenters. The summed E-state index contributed by atoms with van der Waals surface area (Å²) in [5.41, 5.74) is 1.10. The second-order valence-electron chi connectivity index (χ2n) is 4.08. The summed E-state index contributed by atoms with van der Waals surface area (Å²) < 4.78 is 0. The first-order valence-corrected chi connectivity index (χ1v) is 5.70. The van der Waals surface area contributed by atoms with Crippen molar-refractivity contribution in [3.8, 4) is 0 Å². The van der Waals surface area contributed by atoms with Gasteiger partial charge in [-0.2, -0.15) is 0 Å². The minimum Gasteiger partial charge on any atom is -0.481 e. The Hall–Kier alpha value is -2.37. The van der Waals surface area contributed by atoms with Crippen LogP contribution in [0.5, 0.6) is 0 Å². The second kappa shape index (κ2) is 6.53. The van der Waals surface area contributed by atoms with E-state index in [1.807, 2.05) is 0 Å². The maximum Gasteiger partial charge on any atom is 0.323 e. The van der Waals surface area contributed by atoms with Crippen molar-refractivity contribution in [3.05, 3.63) is 35.4 Å². The van der Waals surface area contributed by atoms with Gasteiger partial charge in [-0.15, -0.1) is 0 Å². The minimum absolute atomic E-state index is 0.130. The van der Waals surface area contributed by atoms with E-state index in [1.54, 1.807) is 31.2 Å². The highest BCUT2D eigenvalue weighted by Crippen LogP contribution is 2.11. The normalized spacial score (nSPS) is 9.95. The van der Waals surface area contributed by atoms with Crippen LogP contribution in [0.15, 0.2) is 24.3 Å². The number of aliphatic carboxylic acids is 2. The SMILES string of the molecule is Cc1ccccc1C(=O)N(CCC(=O)O)CC(=O)O. The van der Waals surface area contributed by atoms with Gasteiger partial charge in [0.2, 0.25) is 0 Å². The fourth-order valence-electron chi connectivity index (χ4n) is 1.63. The highest BCUT2D eigenvalue weighted by molar-refractivity contribution is 5.97. The van der Waals surface area contributed by atoms with Crippen LogP contribution in [0.3, 0.4) is 0 Å². The van der Waals surface area contributed by atoms with Crippen molar-refractivity contribution >= 4 is 17.8 Å². The van der Waals surface area contributed by atoms with E-state index >= 15 is 0 Å². The molecule has 0 aromatic heterocycles. The number of nitrogens with zero attached hydrogens (tertiary/aromatic N) is 1. The van der Waals surface area contributed by atoms with Crippen molar-refractivity contribution in [2.45, 2.75) is 13.3 Å². The highest BCUT2D eigenvalue weighted by atomic mass is 16.4. The first-order valence-electron chi connectivity index (χ1n) is 5.70. The predicted molar refractivity (Wildman–Crippen MR) is 67.0 cm³/mol. The third-order valence-corrected chi connectivity index (χ3v) is 2.58. The van der Waals surface area contributed by atoms with Crippen LogP contribution in [0.1, 0.15) is 22.3 Å². The van der Waals surface area contributed by atoms with E-state index < -0.39 is 24.4 Å². The lowest BCUT2D eigenvalue weighted by molar-refractivity contribution is -0.140. The van der Waals surface area contributed by atoms with E-state index in [9.17, 15) is 14.4 Å². The Balaban J connectivity index is 2.90. The van der Waals surface area contributed by atoms with Crippen molar-refractivity contribution in [2.75, 3.05) is 13.1 Å². The summed E-state index contributed by atoms with van der Waals surface area (Å²) in [6.07, 6.45) is -0.287. The summed E-state index contributed by atoms with van der Waals surface area (Å²) in [6, 6.07) is 6.78. The molecular formula is C13H15NO5. The molecule has 0 spiro atoms. The Kier molecular flexibility index (Phi) is 5.05. The molecule has 2 N–H and O–H groups in total. The standard InChI is InChI=1S/C13H15NO5/c1-9-4-2-3-5-10(9)13(19)14(8-12(17)18)7-6-11(15)16/h2-5H,6-8H2,1H3,(H,15,16)(H,17,18). The van der Waals surface area contributed by atoms with Crippen molar-refractivity contribution in [1.29, 1.82) is 0 Å². The molecule has 1 aromatic carbocycles. The van der Waals surface area contributed by atoms with Crippen molar-refractivity contribution < 1.29 is 24.6 Å². The summed E-state index contributed by atoms with van der Waals surface area (Å²) in [7, 11) is 0. The van der Waals surface area contributed by atoms with E-state index in [0.717, 1.165) is 10.5 Å².